The van der Waals surface area contributed by atoms with Gasteiger partial charge in [-0.2, -0.15) is 0 Å². The largest absolute Gasteiger partial charge is 0.469 e. The number of unbranched alkanes of at least 4 members (excludes halogenated alkanes) is 7. The number of hydrogen-bond acceptors (Lipinski definition) is 2. The van der Waals surface area contributed by atoms with Crippen molar-refractivity contribution in [1.82, 2.24) is 0 Å². The van der Waals surface area contributed by atoms with Crippen LogP contribution in [0.15, 0.2) is 0 Å². The van der Waals surface area contributed by atoms with Gasteiger partial charge in [-0.05, 0) is 12.3 Å². The van der Waals surface area contributed by atoms with Crippen LogP contribution < -0.4 is 0 Å². The minimum atomic E-state index is -4.25. The number of phosphoric ester groups is 1. The average Bonchev–Trinajstić information content (AvgIpc) is 2.24. The summed E-state index contributed by atoms with van der Waals surface area (Å²) >= 11 is 0. The average molecular weight is 280 g/mol. The molecule has 0 aromatic carbocycles. The molecule has 0 spiro atoms. The molecule has 0 aliphatic carbocycles. The van der Waals surface area contributed by atoms with Crippen LogP contribution in [0.5, 0.6) is 0 Å². The third-order valence-corrected chi connectivity index (χ3v) is 3.45. The van der Waals surface area contributed by atoms with E-state index in [1.54, 1.807) is 0 Å². The Hall–Kier alpha value is 0.110. The van der Waals surface area contributed by atoms with E-state index in [1.807, 2.05) is 0 Å². The highest BCUT2D eigenvalue weighted by Crippen LogP contribution is 2.35. The fraction of sp³-hybridized carbons (Fsp3) is 1.00. The van der Waals surface area contributed by atoms with Gasteiger partial charge in [0.05, 0.1) is 6.61 Å². The van der Waals surface area contributed by atoms with Crippen molar-refractivity contribution in [3.8, 4) is 0 Å². The molecule has 0 saturated carbocycles. The summed E-state index contributed by atoms with van der Waals surface area (Å²) in [6.45, 7) is 4.69. The molecule has 2 N–H and O–H groups in total. The third kappa shape index (κ3) is 16.1. The first kappa shape index (κ1) is 18.1. The Morgan fingerprint density at radius 2 is 1.33 bits per heavy atom. The van der Waals surface area contributed by atoms with Gasteiger partial charge in [-0.3, -0.25) is 4.52 Å². The van der Waals surface area contributed by atoms with Gasteiger partial charge < -0.3 is 9.79 Å². The van der Waals surface area contributed by atoms with E-state index in [0.717, 1.165) is 25.2 Å². The van der Waals surface area contributed by atoms with Crippen LogP contribution in [0.3, 0.4) is 0 Å². The molecule has 0 fully saturated rings. The van der Waals surface area contributed by atoms with E-state index in [9.17, 15) is 4.57 Å². The highest BCUT2D eigenvalue weighted by atomic mass is 31.2. The van der Waals surface area contributed by atoms with Crippen molar-refractivity contribution < 1.29 is 18.9 Å². The van der Waals surface area contributed by atoms with Crippen LogP contribution in [0.1, 0.15) is 71.6 Å². The lowest BCUT2D eigenvalue weighted by molar-refractivity contribution is 0.193. The van der Waals surface area contributed by atoms with Crippen LogP contribution >= 0.6 is 7.82 Å². The zero-order chi connectivity index (χ0) is 13.9. The predicted molar refractivity (Wildman–Crippen MR) is 74.4 cm³/mol. The molecule has 0 rings (SSSR count). The van der Waals surface area contributed by atoms with E-state index in [2.05, 4.69) is 18.4 Å². The van der Waals surface area contributed by atoms with Crippen LogP contribution in [0.2, 0.25) is 0 Å². The molecule has 4 nitrogen and oxygen atoms in total. The van der Waals surface area contributed by atoms with Crippen molar-refractivity contribution in [2.24, 2.45) is 5.92 Å². The summed E-state index contributed by atoms with van der Waals surface area (Å²) in [7, 11) is -4.25. The Kier molecular flexibility index (Phi) is 11.0. The van der Waals surface area contributed by atoms with E-state index in [1.165, 1.54) is 38.5 Å². The summed E-state index contributed by atoms with van der Waals surface area (Å²) in [6, 6.07) is 0. The molecule has 0 aromatic rings. The normalized spacial score (nSPS) is 12.3. The van der Waals surface area contributed by atoms with Gasteiger partial charge in [-0.15, -0.1) is 0 Å². The molecule has 110 valence electrons. The van der Waals surface area contributed by atoms with Crippen LogP contribution in [0.25, 0.3) is 0 Å². The summed E-state index contributed by atoms with van der Waals surface area (Å²) in [5.41, 5.74) is 0. The maximum absolute atomic E-state index is 10.4. The standard InChI is InChI=1S/C13H29O4P/c1-13(2)11-9-7-5-3-4-6-8-10-12-17-18(14,15)16/h13H,3-12H2,1-2H3,(H2,14,15,16). The van der Waals surface area contributed by atoms with Gasteiger partial charge in [0.15, 0.2) is 0 Å². The quantitative estimate of drug-likeness (QED) is 0.414. The lowest BCUT2D eigenvalue weighted by Gasteiger charge is -2.05. The zero-order valence-corrected chi connectivity index (χ0v) is 12.7. The van der Waals surface area contributed by atoms with Gasteiger partial charge in [-0.1, -0.05) is 65.2 Å². The van der Waals surface area contributed by atoms with E-state index in [4.69, 9.17) is 9.79 Å². The second-order valence-electron chi connectivity index (χ2n) is 5.33. The van der Waals surface area contributed by atoms with E-state index in [-0.39, 0.29) is 6.61 Å². The fourth-order valence-electron chi connectivity index (χ4n) is 1.90. The molecule has 18 heavy (non-hydrogen) atoms. The van der Waals surface area contributed by atoms with Crippen molar-refractivity contribution in [2.75, 3.05) is 6.61 Å². The van der Waals surface area contributed by atoms with Gasteiger partial charge in [0.25, 0.3) is 0 Å². The zero-order valence-electron chi connectivity index (χ0n) is 11.8. The molecular formula is C13H29O4P. The number of rotatable bonds is 12. The van der Waals surface area contributed by atoms with Crippen molar-refractivity contribution in [2.45, 2.75) is 71.6 Å². The highest BCUT2D eigenvalue weighted by Gasteiger charge is 2.12. The second-order valence-corrected chi connectivity index (χ2v) is 6.57. The summed E-state index contributed by atoms with van der Waals surface area (Å²) in [5, 5.41) is 0. The van der Waals surface area contributed by atoms with Crippen molar-refractivity contribution in [3.05, 3.63) is 0 Å². The van der Waals surface area contributed by atoms with Crippen LogP contribution in [-0.2, 0) is 9.09 Å². The SMILES string of the molecule is CC(C)CCCCCCCCCCOP(=O)(O)O. The Bertz CT molecular complexity index is 225. The summed E-state index contributed by atoms with van der Waals surface area (Å²) in [6.07, 6.45) is 10.7. The summed E-state index contributed by atoms with van der Waals surface area (Å²) < 4.78 is 14.8. The van der Waals surface area contributed by atoms with Gasteiger partial charge in [-0.25, -0.2) is 4.57 Å². The van der Waals surface area contributed by atoms with E-state index < -0.39 is 7.82 Å². The molecule has 0 heterocycles. The molecular weight excluding hydrogens is 251 g/mol. The number of phosphoric acid groups is 1. The molecule has 0 saturated heterocycles. The first-order chi connectivity index (χ1) is 8.42. The van der Waals surface area contributed by atoms with Crippen molar-refractivity contribution in [3.63, 3.8) is 0 Å². The van der Waals surface area contributed by atoms with Gasteiger partial charge in [0, 0.05) is 0 Å². The Balaban J connectivity index is 3.06. The number of hydrogen-bond donors (Lipinski definition) is 2. The summed E-state index contributed by atoms with van der Waals surface area (Å²) in [4.78, 5) is 16.9. The molecule has 0 amide bonds. The molecule has 0 bridgehead atoms. The Morgan fingerprint density at radius 3 is 1.78 bits per heavy atom. The van der Waals surface area contributed by atoms with Crippen LogP contribution in [-0.4, -0.2) is 16.4 Å². The highest BCUT2D eigenvalue weighted by molar-refractivity contribution is 7.46. The lowest BCUT2D eigenvalue weighted by Crippen LogP contribution is -1.92. The third-order valence-electron chi connectivity index (χ3n) is 2.94. The molecule has 0 aromatic heterocycles. The molecule has 0 atom stereocenters. The maximum atomic E-state index is 10.4. The minimum absolute atomic E-state index is 0.165. The molecule has 0 aliphatic heterocycles. The van der Waals surface area contributed by atoms with Crippen LogP contribution in [0, 0.1) is 5.92 Å². The van der Waals surface area contributed by atoms with E-state index in [0.29, 0.717) is 0 Å². The maximum Gasteiger partial charge on any atom is 0.469 e. The van der Waals surface area contributed by atoms with Crippen molar-refractivity contribution in [1.29, 1.82) is 0 Å². The van der Waals surface area contributed by atoms with Gasteiger partial charge >= 0.3 is 7.82 Å². The van der Waals surface area contributed by atoms with Crippen molar-refractivity contribution >= 4 is 7.82 Å². The molecule has 5 heteroatoms. The fourth-order valence-corrected chi connectivity index (χ4v) is 2.27. The second kappa shape index (κ2) is 11.0. The minimum Gasteiger partial charge on any atom is -0.303 e. The lowest BCUT2D eigenvalue weighted by atomic mass is 10.0. The first-order valence-corrected chi connectivity index (χ1v) is 8.65. The van der Waals surface area contributed by atoms with Gasteiger partial charge in [0.1, 0.15) is 0 Å². The van der Waals surface area contributed by atoms with Gasteiger partial charge in [0.2, 0.25) is 0 Å². The predicted octanol–water partition coefficient (Wildman–Crippen LogP) is 4.26. The Labute approximate surface area is 111 Å². The van der Waals surface area contributed by atoms with E-state index >= 15 is 0 Å². The Morgan fingerprint density at radius 1 is 0.889 bits per heavy atom. The topological polar surface area (TPSA) is 66.8 Å². The van der Waals surface area contributed by atoms with Crippen LogP contribution in [0.4, 0.5) is 0 Å². The molecule has 0 radical (unpaired) electrons. The summed E-state index contributed by atoms with van der Waals surface area (Å²) in [5.74, 6) is 0.819. The monoisotopic (exact) mass is 280 g/mol. The molecule has 0 aliphatic rings. The first-order valence-electron chi connectivity index (χ1n) is 7.12. The smallest absolute Gasteiger partial charge is 0.303 e. The molecule has 0 unspecified atom stereocenters.